The molecule has 27 heavy (non-hydrogen) atoms. The Morgan fingerprint density at radius 2 is 1.30 bits per heavy atom. The second-order valence-electron chi connectivity index (χ2n) is 9.36. The molecule has 3 atom stereocenters. The summed E-state index contributed by atoms with van der Waals surface area (Å²) >= 11 is 0. The third-order valence-electron chi connectivity index (χ3n) is 7.79. The Morgan fingerprint density at radius 3 is 1.85 bits per heavy atom. The normalized spacial score (nSPS) is 39.7. The van der Waals surface area contributed by atoms with Gasteiger partial charge in [-0.15, -0.1) is 0 Å². The third-order valence-corrected chi connectivity index (χ3v) is 7.79. The number of rotatable bonds is 4. The van der Waals surface area contributed by atoms with Crippen molar-refractivity contribution in [2.75, 3.05) is 0 Å². The van der Waals surface area contributed by atoms with Gasteiger partial charge in [0.15, 0.2) is 0 Å². The molecule has 3 aliphatic rings. The maximum atomic E-state index is 15.0. The van der Waals surface area contributed by atoms with Crippen molar-refractivity contribution in [3.63, 3.8) is 0 Å². The molecule has 0 bridgehead atoms. The van der Waals surface area contributed by atoms with Crippen molar-refractivity contribution in [1.82, 2.24) is 0 Å². The van der Waals surface area contributed by atoms with Gasteiger partial charge < -0.3 is 16.4 Å². The van der Waals surface area contributed by atoms with Gasteiger partial charge in [0, 0.05) is 0 Å². The summed E-state index contributed by atoms with van der Waals surface area (Å²) in [7, 11) is 0. The molecule has 3 nitrogen and oxygen atoms in total. The zero-order valence-electron chi connectivity index (χ0n) is 17.6. The quantitative estimate of drug-likeness (QED) is 0.615. The second-order valence-corrected chi connectivity index (χ2v) is 9.36. The Kier molecular flexibility index (Phi) is 12.7. The van der Waals surface area contributed by atoms with E-state index in [2.05, 4.69) is 26.0 Å². The summed E-state index contributed by atoms with van der Waals surface area (Å²) in [5, 5.41) is 0. The summed E-state index contributed by atoms with van der Waals surface area (Å²) in [6.07, 6.45) is 19.4. The molecule has 3 saturated carbocycles. The summed E-state index contributed by atoms with van der Waals surface area (Å²) in [6, 6.07) is 0. The van der Waals surface area contributed by atoms with Gasteiger partial charge in [-0.2, -0.15) is 0 Å². The second kappa shape index (κ2) is 12.9. The van der Waals surface area contributed by atoms with E-state index in [-0.39, 0.29) is 16.4 Å². The maximum Gasteiger partial charge on any atom is 0.103 e. The Morgan fingerprint density at radius 1 is 0.741 bits per heavy atom. The molecule has 3 aliphatic carbocycles. The Bertz CT molecular complexity index is 398. The van der Waals surface area contributed by atoms with Crippen molar-refractivity contribution in [2.24, 2.45) is 35.5 Å². The molecular formula is C23H45FO3. The van der Waals surface area contributed by atoms with Crippen molar-refractivity contribution in [2.45, 2.75) is 97.1 Å². The van der Waals surface area contributed by atoms with Crippen LogP contribution in [-0.2, 0) is 0 Å². The molecule has 3 unspecified atom stereocenters. The summed E-state index contributed by atoms with van der Waals surface area (Å²) in [4.78, 5) is 0. The molecule has 6 N–H and O–H groups in total. The molecule has 0 saturated heterocycles. The van der Waals surface area contributed by atoms with E-state index >= 15 is 4.39 Å². The molecule has 4 heteroatoms. The van der Waals surface area contributed by atoms with Crippen LogP contribution in [0.25, 0.3) is 0 Å². The van der Waals surface area contributed by atoms with Gasteiger partial charge in [-0.25, -0.2) is 4.39 Å². The highest BCUT2D eigenvalue weighted by atomic mass is 19.1. The Labute approximate surface area is 166 Å². The molecule has 0 aliphatic heterocycles. The van der Waals surface area contributed by atoms with Crippen LogP contribution >= 0.6 is 0 Å². The van der Waals surface area contributed by atoms with Gasteiger partial charge in [0.05, 0.1) is 0 Å². The number of allylic oxidation sites excluding steroid dienone is 2. The van der Waals surface area contributed by atoms with E-state index in [1.54, 1.807) is 0 Å². The number of hydrogen-bond acceptors (Lipinski definition) is 0. The number of hydrogen-bond donors (Lipinski definition) is 0. The number of alkyl halides is 1. The van der Waals surface area contributed by atoms with E-state index in [1.807, 2.05) is 0 Å². The molecule has 0 spiro atoms. The van der Waals surface area contributed by atoms with Crippen molar-refractivity contribution in [3.05, 3.63) is 12.2 Å². The largest absolute Gasteiger partial charge is 0.412 e. The first kappa shape index (κ1) is 26.6. The minimum Gasteiger partial charge on any atom is -0.412 e. The Balaban J connectivity index is 0.00000225. The molecule has 0 radical (unpaired) electrons. The molecule has 0 heterocycles. The van der Waals surface area contributed by atoms with Gasteiger partial charge >= 0.3 is 0 Å². The van der Waals surface area contributed by atoms with Crippen LogP contribution in [-0.4, -0.2) is 22.6 Å². The van der Waals surface area contributed by atoms with Gasteiger partial charge in [0.1, 0.15) is 6.17 Å². The molecule has 3 rings (SSSR count). The van der Waals surface area contributed by atoms with E-state index < -0.39 is 6.17 Å². The summed E-state index contributed by atoms with van der Waals surface area (Å²) < 4.78 is 15.0. The maximum absolute atomic E-state index is 15.0. The summed E-state index contributed by atoms with van der Waals surface area (Å²) in [6.45, 7) is 4.50. The van der Waals surface area contributed by atoms with E-state index in [0.29, 0.717) is 17.8 Å². The van der Waals surface area contributed by atoms with Crippen molar-refractivity contribution in [3.8, 4) is 0 Å². The van der Waals surface area contributed by atoms with E-state index in [4.69, 9.17) is 0 Å². The number of halogens is 1. The van der Waals surface area contributed by atoms with Gasteiger partial charge in [-0.05, 0) is 107 Å². The minimum absolute atomic E-state index is 0. The van der Waals surface area contributed by atoms with Crippen molar-refractivity contribution in [1.29, 1.82) is 0 Å². The lowest BCUT2D eigenvalue weighted by atomic mass is 9.64. The van der Waals surface area contributed by atoms with Gasteiger partial charge in [0.25, 0.3) is 0 Å². The zero-order chi connectivity index (χ0) is 16.9. The van der Waals surface area contributed by atoms with Crippen LogP contribution in [0.3, 0.4) is 0 Å². The highest BCUT2D eigenvalue weighted by Gasteiger charge is 2.39. The summed E-state index contributed by atoms with van der Waals surface area (Å²) in [5.41, 5.74) is 0. The molecule has 162 valence electrons. The lowest BCUT2D eigenvalue weighted by molar-refractivity contribution is 0.0341. The van der Waals surface area contributed by atoms with Crippen LogP contribution in [0.15, 0.2) is 12.2 Å². The van der Waals surface area contributed by atoms with Crippen LogP contribution in [0.2, 0.25) is 0 Å². The van der Waals surface area contributed by atoms with E-state index in [1.165, 1.54) is 70.6 Å². The average Bonchev–Trinajstić information content (AvgIpc) is 2.61. The molecule has 0 aromatic carbocycles. The monoisotopic (exact) mass is 388 g/mol. The molecule has 0 aromatic rings. The molecule has 0 aromatic heterocycles. The first-order chi connectivity index (χ1) is 11.7. The smallest absolute Gasteiger partial charge is 0.103 e. The van der Waals surface area contributed by atoms with Crippen LogP contribution in [0.1, 0.15) is 90.9 Å². The minimum atomic E-state index is -0.500. The zero-order valence-corrected chi connectivity index (χ0v) is 17.6. The van der Waals surface area contributed by atoms with Crippen LogP contribution < -0.4 is 0 Å². The van der Waals surface area contributed by atoms with E-state index in [9.17, 15) is 0 Å². The molecular weight excluding hydrogens is 343 g/mol. The summed E-state index contributed by atoms with van der Waals surface area (Å²) in [5.74, 6) is 4.42. The van der Waals surface area contributed by atoms with Crippen LogP contribution in [0, 0.1) is 35.5 Å². The third kappa shape index (κ3) is 7.14. The first-order valence-electron chi connectivity index (χ1n) is 10.9. The van der Waals surface area contributed by atoms with E-state index in [0.717, 1.165) is 24.2 Å². The van der Waals surface area contributed by atoms with Gasteiger partial charge in [-0.3, -0.25) is 0 Å². The van der Waals surface area contributed by atoms with Crippen molar-refractivity contribution < 1.29 is 20.8 Å². The lowest BCUT2D eigenvalue weighted by Gasteiger charge is -2.42. The lowest BCUT2D eigenvalue weighted by Crippen LogP contribution is -2.36. The topological polar surface area (TPSA) is 94.5 Å². The predicted octanol–water partition coefficient (Wildman–Crippen LogP) is 4.87. The molecule has 3 fully saturated rings. The van der Waals surface area contributed by atoms with Crippen LogP contribution in [0.5, 0.6) is 0 Å². The standard InChI is InChI=1S/C23H39F.3H2O/c1-3-4-5-18-8-12-20(13-9-18)22-15-14-21(16-23(22)24)19-10-6-17(2)7-11-19;;;/h3-4,17-23H,5-16H2,1-2H3;3*1H2/b4-3+;;;. The fraction of sp³-hybridized carbons (Fsp3) is 0.913. The average molecular weight is 389 g/mol. The Hall–Kier alpha value is -0.450. The molecule has 0 amide bonds. The highest BCUT2D eigenvalue weighted by Crippen LogP contribution is 2.47. The fourth-order valence-corrected chi connectivity index (χ4v) is 6.07. The fourth-order valence-electron chi connectivity index (χ4n) is 6.07. The van der Waals surface area contributed by atoms with Crippen LogP contribution in [0.4, 0.5) is 4.39 Å². The highest BCUT2D eigenvalue weighted by molar-refractivity contribution is 4.91. The first-order valence-corrected chi connectivity index (χ1v) is 10.9. The SMILES string of the molecule is C/C=C/CC1CCC(C2CCC(C3CCC(C)CC3)CC2F)CC1.O.O.O. The van der Waals surface area contributed by atoms with Gasteiger partial charge in [0.2, 0.25) is 0 Å². The van der Waals surface area contributed by atoms with Crippen molar-refractivity contribution >= 4 is 0 Å². The predicted molar refractivity (Wildman–Crippen MR) is 113 cm³/mol. The van der Waals surface area contributed by atoms with Gasteiger partial charge in [-0.1, -0.05) is 31.9 Å².